The molecule has 1 aliphatic rings. The average Bonchev–Trinajstić information content (AvgIpc) is 2.68. The van der Waals surface area contributed by atoms with E-state index >= 15 is 0 Å². The summed E-state index contributed by atoms with van der Waals surface area (Å²) in [5, 5.41) is 10.7. The van der Waals surface area contributed by atoms with E-state index in [1.54, 1.807) is 6.07 Å². The number of Topliss-reactive ketones (excluding diaryl/α,β-unsaturated/α-hetero) is 1. The molecule has 4 nitrogen and oxygen atoms in total. The van der Waals surface area contributed by atoms with Crippen molar-refractivity contribution in [3.05, 3.63) is 46.2 Å². The lowest BCUT2D eigenvalue weighted by Gasteiger charge is -2.17. The number of carbonyl (C=O) groups is 1. The Morgan fingerprint density at radius 1 is 1.45 bits per heavy atom. The number of aliphatic hydroxyl groups is 1. The van der Waals surface area contributed by atoms with Crippen molar-refractivity contribution in [1.82, 2.24) is 4.90 Å². The van der Waals surface area contributed by atoms with Gasteiger partial charge in [-0.2, -0.15) is 0 Å². The Balaban J connectivity index is 2.11. The van der Waals surface area contributed by atoms with Gasteiger partial charge in [0, 0.05) is 17.7 Å². The Labute approximate surface area is 123 Å². The maximum atomic E-state index is 11.8. The second-order valence-corrected chi connectivity index (χ2v) is 5.37. The smallest absolute Gasteiger partial charge is 0.169 e. The van der Waals surface area contributed by atoms with Crippen LogP contribution < -0.4 is 0 Å². The van der Waals surface area contributed by atoms with Crippen LogP contribution in [0.4, 0.5) is 0 Å². The second kappa shape index (κ2) is 6.20. The quantitative estimate of drug-likeness (QED) is 0.868. The van der Waals surface area contributed by atoms with Crippen molar-refractivity contribution in [3.8, 4) is 0 Å². The highest BCUT2D eigenvalue weighted by Gasteiger charge is 2.32. The van der Waals surface area contributed by atoms with E-state index in [0.717, 1.165) is 5.56 Å². The number of hydrogen-bond acceptors (Lipinski definition) is 4. The van der Waals surface area contributed by atoms with E-state index in [1.165, 1.54) is 6.21 Å². The predicted molar refractivity (Wildman–Crippen MR) is 80.4 cm³/mol. The largest absolute Gasteiger partial charge is 0.510 e. The minimum atomic E-state index is -0.246. The number of hydrogen-bond donors (Lipinski definition) is 1. The number of ketones is 1. The van der Waals surface area contributed by atoms with Crippen molar-refractivity contribution in [3.63, 3.8) is 0 Å². The summed E-state index contributed by atoms with van der Waals surface area (Å²) in [7, 11) is 3.66. The van der Waals surface area contributed by atoms with Crippen LogP contribution in [-0.2, 0) is 11.3 Å². The molecular weight excluding hydrogens is 276 g/mol. The molecule has 0 fully saturated rings. The summed E-state index contributed by atoms with van der Waals surface area (Å²) in [5.41, 5.74) is 1.19. The van der Waals surface area contributed by atoms with Gasteiger partial charge >= 0.3 is 0 Å². The average molecular weight is 293 g/mol. The predicted octanol–water partition coefficient (Wildman–Crippen LogP) is 2.63. The SMILES string of the molecule is CN(C)C1CC(=O)C(C=NCc2ccccc2Cl)=C1O. The van der Waals surface area contributed by atoms with Gasteiger partial charge < -0.3 is 5.11 Å². The number of rotatable bonds is 4. The molecule has 0 saturated heterocycles. The summed E-state index contributed by atoms with van der Waals surface area (Å²) in [5.74, 6) is 0.0204. The van der Waals surface area contributed by atoms with Crippen molar-refractivity contribution < 1.29 is 9.90 Å². The summed E-state index contributed by atoms with van der Waals surface area (Å²) >= 11 is 6.03. The number of nitrogens with zero attached hydrogens (tertiary/aromatic N) is 2. The van der Waals surface area contributed by atoms with Crippen LogP contribution in [-0.4, -0.2) is 42.1 Å². The van der Waals surface area contributed by atoms with Gasteiger partial charge in [0.2, 0.25) is 0 Å². The van der Waals surface area contributed by atoms with E-state index in [4.69, 9.17) is 11.6 Å². The van der Waals surface area contributed by atoms with Gasteiger partial charge in [-0.3, -0.25) is 14.7 Å². The van der Waals surface area contributed by atoms with Gasteiger partial charge in [-0.25, -0.2) is 0 Å². The van der Waals surface area contributed by atoms with Crippen molar-refractivity contribution >= 4 is 23.6 Å². The Morgan fingerprint density at radius 2 is 2.15 bits per heavy atom. The van der Waals surface area contributed by atoms with Crippen molar-refractivity contribution in [2.24, 2.45) is 4.99 Å². The molecule has 1 atom stereocenters. The van der Waals surface area contributed by atoms with Gasteiger partial charge in [0.15, 0.2) is 5.78 Å². The van der Waals surface area contributed by atoms with Crippen LogP contribution in [0.15, 0.2) is 40.6 Å². The maximum Gasteiger partial charge on any atom is 0.169 e. The molecular formula is C15H17ClN2O2. The molecule has 0 aromatic heterocycles. The van der Waals surface area contributed by atoms with Crippen LogP contribution >= 0.6 is 11.6 Å². The molecule has 0 heterocycles. The molecule has 0 spiro atoms. The van der Waals surface area contributed by atoms with Gasteiger partial charge in [-0.05, 0) is 25.7 Å². The Bertz CT molecular complexity index is 579. The third kappa shape index (κ3) is 3.08. The van der Waals surface area contributed by atoms with Gasteiger partial charge in [0.05, 0.1) is 18.2 Å². The first-order valence-corrected chi connectivity index (χ1v) is 6.74. The molecule has 1 aliphatic carbocycles. The summed E-state index contributed by atoms with van der Waals surface area (Å²) in [6, 6.07) is 7.17. The third-order valence-corrected chi connectivity index (χ3v) is 3.70. The number of halogens is 1. The highest BCUT2D eigenvalue weighted by molar-refractivity contribution is 6.31. The van der Waals surface area contributed by atoms with E-state index in [9.17, 15) is 9.90 Å². The van der Waals surface area contributed by atoms with E-state index in [-0.39, 0.29) is 17.6 Å². The Hall–Kier alpha value is -1.65. The maximum absolute atomic E-state index is 11.8. The van der Waals surface area contributed by atoms with Crippen LogP contribution in [0.5, 0.6) is 0 Å². The molecule has 0 bridgehead atoms. The van der Waals surface area contributed by atoms with E-state index in [1.807, 2.05) is 37.2 Å². The molecule has 0 aliphatic heterocycles. The molecule has 20 heavy (non-hydrogen) atoms. The molecule has 106 valence electrons. The highest BCUT2D eigenvalue weighted by Crippen LogP contribution is 2.23. The zero-order chi connectivity index (χ0) is 14.7. The molecule has 1 aromatic rings. The van der Waals surface area contributed by atoms with E-state index in [0.29, 0.717) is 23.6 Å². The lowest BCUT2D eigenvalue weighted by Crippen LogP contribution is -2.27. The first-order valence-electron chi connectivity index (χ1n) is 6.36. The number of aliphatic imine (C=N–C) groups is 1. The Kier molecular flexibility index (Phi) is 4.57. The minimum Gasteiger partial charge on any atom is -0.510 e. The number of likely N-dealkylation sites (N-methyl/N-ethyl adjacent to an activating group) is 1. The van der Waals surface area contributed by atoms with Crippen molar-refractivity contribution in [2.75, 3.05) is 14.1 Å². The summed E-state index contributed by atoms with van der Waals surface area (Å²) < 4.78 is 0. The van der Waals surface area contributed by atoms with Gasteiger partial charge in [-0.1, -0.05) is 29.8 Å². The van der Waals surface area contributed by atoms with Gasteiger partial charge in [-0.15, -0.1) is 0 Å². The zero-order valence-corrected chi connectivity index (χ0v) is 12.3. The number of allylic oxidation sites excluding steroid dienone is 1. The molecule has 1 N–H and O–H groups in total. The third-order valence-electron chi connectivity index (χ3n) is 3.33. The summed E-state index contributed by atoms with van der Waals surface area (Å²) in [6.45, 7) is 0.385. The monoisotopic (exact) mass is 292 g/mol. The van der Waals surface area contributed by atoms with Crippen LogP contribution in [0, 0.1) is 0 Å². The molecule has 1 unspecified atom stereocenters. The fraction of sp³-hybridized carbons (Fsp3) is 0.333. The van der Waals surface area contributed by atoms with Crippen LogP contribution in [0.3, 0.4) is 0 Å². The van der Waals surface area contributed by atoms with E-state index < -0.39 is 0 Å². The number of benzene rings is 1. The van der Waals surface area contributed by atoms with Crippen molar-refractivity contribution in [2.45, 2.75) is 19.0 Å². The normalized spacial score (nSPS) is 19.6. The lowest BCUT2D eigenvalue weighted by atomic mass is 10.2. The minimum absolute atomic E-state index is 0.0795. The van der Waals surface area contributed by atoms with Crippen molar-refractivity contribution in [1.29, 1.82) is 0 Å². The molecule has 5 heteroatoms. The lowest BCUT2D eigenvalue weighted by molar-refractivity contribution is -0.115. The highest BCUT2D eigenvalue weighted by atomic mass is 35.5. The fourth-order valence-corrected chi connectivity index (χ4v) is 2.33. The summed E-state index contributed by atoms with van der Waals surface area (Å²) in [4.78, 5) is 17.9. The zero-order valence-electron chi connectivity index (χ0n) is 11.5. The van der Waals surface area contributed by atoms with Crippen LogP contribution in [0.2, 0.25) is 5.02 Å². The van der Waals surface area contributed by atoms with Gasteiger partial charge in [0.1, 0.15) is 5.76 Å². The standard InChI is InChI=1S/C15H17ClN2O2/c1-18(2)13-7-14(19)11(15(13)20)9-17-8-10-5-3-4-6-12(10)16/h3-6,9,13,20H,7-8H2,1-2H3. The second-order valence-electron chi connectivity index (χ2n) is 4.97. The number of aliphatic hydroxyl groups excluding tert-OH is 1. The molecule has 0 saturated carbocycles. The number of carbonyl (C=O) groups excluding carboxylic acids is 1. The van der Waals surface area contributed by atoms with Crippen LogP contribution in [0.25, 0.3) is 0 Å². The molecule has 2 rings (SSSR count). The summed E-state index contributed by atoms with van der Waals surface area (Å²) in [6.07, 6.45) is 1.75. The van der Waals surface area contributed by atoms with E-state index in [2.05, 4.69) is 4.99 Å². The molecule has 0 amide bonds. The molecule has 1 aromatic carbocycles. The van der Waals surface area contributed by atoms with Gasteiger partial charge in [0.25, 0.3) is 0 Å². The fourth-order valence-electron chi connectivity index (χ4n) is 2.13. The topological polar surface area (TPSA) is 52.9 Å². The first-order chi connectivity index (χ1) is 9.50. The molecule has 0 radical (unpaired) electrons. The van der Waals surface area contributed by atoms with Crippen LogP contribution in [0.1, 0.15) is 12.0 Å². The Morgan fingerprint density at radius 3 is 2.75 bits per heavy atom. The first kappa shape index (κ1) is 14.8.